The third kappa shape index (κ3) is 4.25. The highest BCUT2D eigenvalue weighted by molar-refractivity contribution is 5.99. The number of aryl methyl sites for hydroxylation is 2. The highest BCUT2D eigenvalue weighted by Crippen LogP contribution is 2.30. The molecule has 2 aromatic carbocycles. The van der Waals surface area contributed by atoms with Gasteiger partial charge in [-0.25, -0.2) is 4.79 Å². The van der Waals surface area contributed by atoms with Crippen molar-refractivity contribution in [2.45, 2.75) is 20.0 Å². The number of rotatable bonds is 2. The fourth-order valence-electron chi connectivity index (χ4n) is 2.11. The van der Waals surface area contributed by atoms with Crippen LogP contribution in [0.4, 0.5) is 29.3 Å². The zero-order valence-electron chi connectivity index (χ0n) is 12.1. The Labute approximate surface area is 126 Å². The Morgan fingerprint density at radius 3 is 2.09 bits per heavy atom. The maximum Gasteiger partial charge on any atom is 0.416 e. The van der Waals surface area contributed by atoms with Gasteiger partial charge in [-0.2, -0.15) is 13.2 Å². The smallest absolute Gasteiger partial charge is 0.308 e. The Bertz CT molecular complexity index is 676. The van der Waals surface area contributed by atoms with Gasteiger partial charge in [-0.1, -0.05) is 12.1 Å². The predicted octanol–water partition coefficient (Wildman–Crippen LogP) is 4.97. The Balaban J connectivity index is 2.09. The van der Waals surface area contributed by atoms with Gasteiger partial charge in [-0.05, 0) is 55.3 Å². The number of hydrogen-bond donors (Lipinski definition) is 2. The van der Waals surface area contributed by atoms with Crippen LogP contribution in [0.2, 0.25) is 0 Å². The topological polar surface area (TPSA) is 41.1 Å². The van der Waals surface area contributed by atoms with Gasteiger partial charge < -0.3 is 10.6 Å². The van der Waals surface area contributed by atoms with E-state index in [9.17, 15) is 18.0 Å². The third-order valence-corrected chi connectivity index (χ3v) is 2.93. The van der Waals surface area contributed by atoms with Crippen LogP contribution >= 0.6 is 0 Å². The second kappa shape index (κ2) is 6.09. The van der Waals surface area contributed by atoms with Gasteiger partial charge in [0.05, 0.1) is 5.56 Å². The summed E-state index contributed by atoms with van der Waals surface area (Å²) in [6.07, 6.45) is -4.44. The maximum absolute atomic E-state index is 12.6. The first-order chi connectivity index (χ1) is 10.2. The number of carbonyl (C=O) groups excluding carboxylic acids is 1. The second-order valence-electron chi connectivity index (χ2n) is 5.03. The van der Waals surface area contributed by atoms with E-state index >= 15 is 0 Å². The number of urea groups is 1. The van der Waals surface area contributed by atoms with E-state index in [1.807, 2.05) is 19.9 Å². The number of anilines is 2. The molecule has 3 nitrogen and oxygen atoms in total. The number of carbonyl (C=O) groups is 1. The monoisotopic (exact) mass is 308 g/mol. The van der Waals surface area contributed by atoms with Crippen molar-refractivity contribution in [2.75, 3.05) is 10.6 Å². The number of alkyl halides is 3. The Kier molecular flexibility index (Phi) is 4.40. The molecule has 0 atom stereocenters. The van der Waals surface area contributed by atoms with Crippen LogP contribution in [0.3, 0.4) is 0 Å². The molecule has 0 fully saturated rings. The minimum atomic E-state index is -4.44. The first kappa shape index (κ1) is 15.9. The SMILES string of the molecule is Cc1cc(C)cc(NC(=O)Nc2cccc(C(F)(F)F)c2)c1. The van der Waals surface area contributed by atoms with Crippen LogP contribution in [0.15, 0.2) is 42.5 Å². The molecule has 6 heteroatoms. The zero-order valence-corrected chi connectivity index (χ0v) is 12.1. The van der Waals surface area contributed by atoms with Gasteiger partial charge >= 0.3 is 12.2 Å². The summed E-state index contributed by atoms with van der Waals surface area (Å²) in [6.45, 7) is 3.78. The van der Waals surface area contributed by atoms with Gasteiger partial charge in [-0.15, -0.1) is 0 Å². The lowest BCUT2D eigenvalue weighted by molar-refractivity contribution is -0.137. The van der Waals surface area contributed by atoms with E-state index in [4.69, 9.17) is 0 Å². The van der Waals surface area contributed by atoms with E-state index in [1.165, 1.54) is 12.1 Å². The largest absolute Gasteiger partial charge is 0.416 e. The third-order valence-electron chi connectivity index (χ3n) is 2.93. The molecule has 0 radical (unpaired) electrons. The lowest BCUT2D eigenvalue weighted by atomic mass is 10.1. The summed E-state index contributed by atoms with van der Waals surface area (Å²) >= 11 is 0. The van der Waals surface area contributed by atoms with Gasteiger partial charge in [0.2, 0.25) is 0 Å². The fraction of sp³-hybridized carbons (Fsp3) is 0.188. The summed E-state index contributed by atoms with van der Waals surface area (Å²) < 4.78 is 37.8. The molecule has 0 aliphatic heterocycles. The van der Waals surface area contributed by atoms with Crippen LogP contribution in [-0.4, -0.2) is 6.03 Å². The van der Waals surface area contributed by atoms with Crippen LogP contribution < -0.4 is 10.6 Å². The summed E-state index contributed by atoms with van der Waals surface area (Å²) in [5.41, 5.74) is 1.82. The fourth-order valence-corrected chi connectivity index (χ4v) is 2.11. The molecular weight excluding hydrogens is 293 g/mol. The summed E-state index contributed by atoms with van der Waals surface area (Å²) in [4.78, 5) is 11.9. The molecule has 22 heavy (non-hydrogen) atoms. The number of nitrogens with one attached hydrogen (secondary N) is 2. The summed E-state index contributed by atoms with van der Waals surface area (Å²) in [7, 11) is 0. The van der Waals surface area contributed by atoms with Crippen molar-refractivity contribution < 1.29 is 18.0 Å². The molecule has 2 rings (SSSR count). The predicted molar refractivity (Wildman–Crippen MR) is 80.0 cm³/mol. The molecule has 0 aromatic heterocycles. The van der Waals surface area contributed by atoms with Crippen molar-refractivity contribution in [3.05, 3.63) is 59.2 Å². The highest BCUT2D eigenvalue weighted by atomic mass is 19.4. The van der Waals surface area contributed by atoms with E-state index < -0.39 is 17.8 Å². The quantitative estimate of drug-likeness (QED) is 0.808. The lowest BCUT2D eigenvalue weighted by Gasteiger charge is -2.11. The normalized spacial score (nSPS) is 11.1. The minimum absolute atomic E-state index is 0.0803. The van der Waals surface area contributed by atoms with E-state index in [-0.39, 0.29) is 5.69 Å². The van der Waals surface area contributed by atoms with Crippen LogP contribution in [0, 0.1) is 13.8 Å². The molecule has 0 bridgehead atoms. The van der Waals surface area contributed by atoms with Crippen LogP contribution in [0.25, 0.3) is 0 Å². The Morgan fingerprint density at radius 2 is 1.50 bits per heavy atom. The molecule has 116 valence electrons. The summed E-state index contributed by atoms with van der Waals surface area (Å²) in [5.74, 6) is 0. The first-order valence-electron chi connectivity index (χ1n) is 6.57. The molecule has 2 aromatic rings. The van der Waals surface area contributed by atoms with E-state index in [0.29, 0.717) is 5.69 Å². The molecular formula is C16H15F3N2O. The van der Waals surface area contributed by atoms with Crippen LogP contribution in [-0.2, 0) is 6.18 Å². The number of hydrogen-bond acceptors (Lipinski definition) is 1. The van der Waals surface area contributed by atoms with Crippen molar-refractivity contribution in [3.63, 3.8) is 0 Å². The van der Waals surface area contributed by atoms with Crippen molar-refractivity contribution >= 4 is 17.4 Å². The van der Waals surface area contributed by atoms with Crippen LogP contribution in [0.1, 0.15) is 16.7 Å². The maximum atomic E-state index is 12.6. The summed E-state index contributed by atoms with van der Waals surface area (Å²) in [6, 6.07) is 9.40. The molecule has 0 unspecified atom stereocenters. The van der Waals surface area contributed by atoms with Crippen molar-refractivity contribution in [2.24, 2.45) is 0 Å². The van der Waals surface area contributed by atoms with Crippen molar-refractivity contribution in [1.29, 1.82) is 0 Å². The minimum Gasteiger partial charge on any atom is -0.308 e. The zero-order chi connectivity index (χ0) is 16.3. The Hall–Kier alpha value is -2.50. The molecule has 0 spiro atoms. The highest BCUT2D eigenvalue weighted by Gasteiger charge is 2.30. The summed E-state index contributed by atoms with van der Waals surface area (Å²) in [5, 5.41) is 4.99. The van der Waals surface area contributed by atoms with E-state index in [1.54, 1.807) is 12.1 Å². The molecule has 0 saturated carbocycles. The molecule has 0 saturated heterocycles. The molecule has 0 heterocycles. The van der Waals surface area contributed by atoms with Gasteiger partial charge in [0.1, 0.15) is 0 Å². The second-order valence-corrected chi connectivity index (χ2v) is 5.03. The van der Waals surface area contributed by atoms with Gasteiger partial charge in [0.15, 0.2) is 0 Å². The van der Waals surface area contributed by atoms with Crippen molar-refractivity contribution in [3.8, 4) is 0 Å². The molecule has 2 N–H and O–H groups in total. The van der Waals surface area contributed by atoms with Gasteiger partial charge in [0, 0.05) is 11.4 Å². The molecule has 0 aliphatic rings. The average molecular weight is 308 g/mol. The lowest BCUT2D eigenvalue weighted by Crippen LogP contribution is -2.20. The standard InChI is InChI=1S/C16H15F3N2O/c1-10-6-11(2)8-14(7-10)21-15(22)20-13-5-3-4-12(9-13)16(17,18)19/h3-9H,1-2H3,(H2,20,21,22). The number of halogens is 3. The Morgan fingerprint density at radius 1 is 0.909 bits per heavy atom. The van der Waals surface area contributed by atoms with Crippen LogP contribution in [0.5, 0.6) is 0 Å². The molecule has 2 amide bonds. The van der Waals surface area contributed by atoms with E-state index in [2.05, 4.69) is 10.6 Å². The average Bonchev–Trinajstić information content (AvgIpc) is 2.36. The van der Waals surface area contributed by atoms with Gasteiger partial charge in [-0.3, -0.25) is 0 Å². The van der Waals surface area contributed by atoms with Crippen molar-refractivity contribution in [1.82, 2.24) is 0 Å². The number of benzene rings is 2. The van der Waals surface area contributed by atoms with E-state index in [0.717, 1.165) is 23.3 Å². The molecule has 0 aliphatic carbocycles. The first-order valence-corrected chi connectivity index (χ1v) is 6.57. The van der Waals surface area contributed by atoms with Gasteiger partial charge in [0.25, 0.3) is 0 Å². The number of amides is 2.